The zero-order valence-corrected chi connectivity index (χ0v) is 21.1. The number of hydrogen-bond acceptors (Lipinski definition) is 6. The number of thioether (sulfide) groups is 1. The Labute approximate surface area is 210 Å². The Hall–Kier alpha value is -3.17. The normalized spacial score (nSPS) is 11.9. The van der Waals surface area contributed by atoms with Gasteiger partial charge in [-0.15, -0.1) is 10.2 Å². The van der Waals surface area contributed by atoms with Crippen molar-refractivity contribution in [3.05, 3.63) is 110 Å². The second-order valence-corrected chi connectivity index (χ2v) is 9.90. The smallest absolute Gasteiger partial charge is 0.220 e. The van der Waals surface area contributed by atoms with Crippen molar-refractivity contribution in [2.45, 2.75) is 30.9 Å². The fourth-order valence-corrected chi connectivity index (χ4v) is 4.92. The summed E-state index contributed by atoms with van der Waals surface area (Å²) in [6.07, 6.45) is 0. The number of aryl methyl sites for hydroxylation is 2. The van der Waals surface area contributed by atoms with Gasteiger partial charge in [-0.2, -0.15) is 0 Å². The molecule has 0 unspecified atom stereocenters. The van der Waals surface area contributed by atoms with Crippen molar-refractivity contribution >= 4 is 27.7 Å². The topological polar surface area (TPSA) is 83.1 Å². The van der Waals surface area contributed by atoms with Gasteiger partial charge in [0.1, 0.15) is 23.4 Å². The summed E-state index contributed by atoms with van der Waals surface area (Å²) in [6.45, 7) is 4.10. The van der Waals surface area contributed by atoms with Crippen molar-refractivity contribution < 1.29 is 9.66 Å². The molecule has 0 amide bonds. The lowest BCUT2D eigenvalue weighted by molar-refractivity contribution is -0.479. The van der Waals surface area contributed by atoms with Crippen LogP contribution < -0.4 is 4.74 Å². The van der Waals surface area contributed by atoms with E-state index in [1.165, 1.54) is 11.8 Å². The average molecular weight is 539 g/mol. The van der Waals surface area contributed by atoms with Gasteiger partial charge in [0.05, 0.1) is 0 Å². The Morgan fingerprint density at radius 3 is 2.47 bits per heavy atom. The summed E-state index contributed by atoms with van der Waals surface area (Å²) in [5, 5.41) is 20.2. The van der Waals surface area contributed by atoms with Crippen LogP contribution in [-0.2, 0) is 6.61 Å². The third-order valence-corrected chi connectivity index (χ3v) is 6.90. The minimum atomic E-state index is -0.428. The molecule has 0 bridgehead atoms. The van der Waals surface area contributed by atoms with Gasteiger partial charge in [-0.1, -0.05) is 64.1 Å². The van der Waals surface area contributed by atoms with Gasteiger partial charge in [0.2, 0.25) is 6.54 Å². The van der Waals surface area contributed by atoms with E-state index >= 15 is 0 Å². The summed E-state index contributed by atoms with van der Waals surface area (Å²) in [5.74, 6) is 1.43. The molecule has 0 N–H and O–H groups in total. The Morgan fingerprint density at radius 1 is 1.06 bits per heavy atom. The number of ether oxygens (including phenoxy) is 1. The zero-order chi connectivity index (χ0) is 24.1. The van der Waals surface area contributed by atoms with Crippen LogP contribution in [0.5, 0.6) is 5.75 Å². The molecule has 0 aliphatic rings. The summed E-state index contributed by atoms with van der Waals surface area (Å²) in [7, 11) is 0. The number of benzene rings is 3. The van der Waals surface area contributed by atoms with E-state index in [0.29, 0.717) is 17.5 Å². The average Bonchev–Trinajstić information content (AvgIpc) is 3.18. The Bertz CT molecular complexity index is 1280. The first-order valence-electron chi connectivity index (χ1n) is 10.6. The number of halogens is 1. The fraction of sp³-hybridized carbons (Fsp3) is 0.200. The third kappa shape index (κ3) is 6.03. The van der Waals surface area contributed by atoms with E-state index in [-0.39, 0.29) is 11.5 Å². The van der Waals surface area contributed by atoms with E-state index in [0.717, 1.165) is 32.7 Å². The SMILES string of the molecule is Cc1cccc(-n2c(C)nnc2S[C@H](C[N+](=O)[O-])c2ccc(OCc3ccc(Br)cc3)cc2)c1. The minimum Gasteiger partial charge on any atom is -0.489 e. The Kier molecular flexibility index (Phi) is 7.64. The summed E-state index contributed by atoms with van der Waals surface area (Å²) >= 11 is 4.76. The maximum absolute atomic E-state index is 11.4. The van der Waals surface area contributed by atoms with Gasteiger partial charge in [-0.05, 0) is 66.9 Å². The molecule has 0 saturated carbocycles. The van der Waals surface area contributed by atoms with Crippen LogP contribution in [0.2, 0.25) is 0 Å². The molecule has 0 radical (unpaired) electrons. The van der Waals surface area contributed by atoms with E-state index in [9.17, 15) is 10.1 Å². The van der Waals surface area contributed by atoms with Crippen LogP contribution in [0.15, 0.2) is 82.4 Å². The number of nitro groups is 1. The largest absolute Gasteiger partial charge is 0.489 e. The number of rotatable bonds is 9. The molecular weight excluding hydrogens is 516 g/mol. The first-order chi connectivity index (χ1) is 16.4. The van der Waals surface area contributed by atoms with Gasteiger partial charge in [0.15, 0.2) is 5.16 Å². The summed E-state index contributed by atoms with van der Waals surface area (Å²) in [4.78, 5) is 11.2. The molecule has 34 heavy (non-hydrogen) atoms. The van der Waals surface area contributed by atoms with Crippen molar-refractivity contribution in [2.75, 3.05) is 6.54 Å². The lowest BCUT2D eigenvalue weighted by Crippen LogP contribution is -2.11. The molecule has 1 aromatic heterocycles. The summed E-state index contributed by atoms with van der Waals surface area (Å²) in [6, 6.07) is 23.4. The molecular formula is C25H23BrN4O3S. The molecule has 3 aromatic carbocycles. The molecule has 1 heterocycles. The van der Waals surface area contributed by atoms with Crippen molar-refractivity contribution in [2.24, 2.45) is 0 Å². The van der Waals surface area contributed by atoms with Crippen molar-refractivity contribution in [1.82, 2.24) is 14.8 Å². The number of aromatic nitrogens is 3. The molecule has 174 valence electrons. The van der Waals surface area contributed by atoms with Crippen LogP contribution in [0, 0.1) is 24.0 Å². The Balaban J connectivity index is 1.53. The summed E-state index contributed by atoms with van der Waals surface area (Å²) in [5.41, 5.74) is 3.93. The van der Waals surface area contributed by atoms with E-state index in [2.05, 4.69) is 26.1 Å². The minimum absolute atomic E-state index is 0.233. The van der Waals surface area contributed by atoms with Gasteiger partial charge in [0, 0.05) is 15.1 Å². The van der Waals surface area contributed by atoms with Crippen molar-refractivity contribution in [3.63, 3.8) is 0 Å². The number of hydrogen-bond donors (Lipinski definition) is 0. The second kappa shape index (κ2) is 10.8. The molecule has 0 aliphatic heterocycles. The van der Waals surface area contributed by atoms with Gasteiger partial charge >= 0.3 is 0 Å². The van der Waals surface area contributed by atoms with Gasteiger partial charge in [-0.3, -0.25) is 14.7 Å². The quantitative estimate of drug-likeness (QED) is 0.140. The lowest BCUT2D eigenvalue weighted by Gasteiger charge is -2.15. The molecule has 1 atom stereocenters. The maximum atomic E-state index is 11.4. The Morgan fingerprint density at radius 2 is 1.79 bits per heavy atom. The van der Waals surface area contributed by atoms with Gasteiger partial charge in [0.25, 0.3) is 0 Å². The van der Waals surface area contributed by atoms with Crippen LogP contribution in [0.4, 0.5) is 0 Å². The first-order valence-corrected chi connectivity index (χ1v) is 12.3. The number of nitrogens with zero attached hydrogens (tertiary/aromatic N) is 4. The highest BCUT2D eigenvalue weighted by Gasteiger charge is 2.24. The second-order valence-electron chi connectivity index (χ2n) is 7.81. The molecule has 7 nitrogen and oxygen atoms in total. The predicted octanol–water partition coefficient (Wildman–Crippen LogP) is 6.34. The molecule has 0 aliphatic carbocycles. The molecule has 9 heteroatoms. The lowest BCUT2D eigenvalue weighted by atomic mass is 10.1. The highest BCUT2D eigenvalue weighted by molar-refractivity contribution is 9.10. The van der Waals surface area contributed by atoms with E-state index in [1.807, 2.05) is 91.2 Å². The predicted molar refractivity (Wildman–Crippen MR) is 136 cm³/mol. The van der Waals surface area contributed by atoms with Crippen LogP contribution in [-0.4, -0.2) is 26.2 Å². The van der Waals surface area contributed by atoms with Crippen LogP contribution in [0.25, 0.3) is 5.69 Å². The van der Waals surface area contributed by atoms with Gasteiger partial charge in [-0.25, -0.2) is 0 Å². The standard InChI is InChI=1S/C25H23BrN4O3S/c1-17-4-3-5-22(14-17)30-18(2)27-28-25(30)34-24(15-29(31)32)20-8-12-23(13-9-20)33-16-19-6-10-21(26)11-7-19/h3-14,24H,15-16H2,1-2H3/t24-/m1/s1. The zero-order valence-electron chi connectivity index (χ0n) is 18.7. The van der Waals surface area contributed by atoms with Crippen molar-refractivity contribution in [1.29, 1.82) is 0 Å². The maximum Gasteiger partial charge on any atom is 0.220 e. The van der Waals surface area contributed by atoms with E-state index in [1.54, 1.807) is 0 Å². The van der Waals surface area contributed by atoms with Crippen molar-refractivity contribution in [3.8, 4) is 11.4 Å². The summed E-state index contributed by atoms with van der Waals surface area (Å²) < 4.78 is 8.82. The highest BCUT2D eigenvalue weighted by Crippen LogP contribution is 2.36. The molecule has 0 saturated heterocycles. The fourth-order valence-electron chi connectivity index (χ4n) is 3.48. The molecule has 0 fully saturated rings. The van der Waals surface area contributed by atoms with Gasteiger partial charge < -0.3 is 4.74 Å². The molecule has 4 rings (SSSR count). The van der Waals surface area contributed by atoms with E-state index < -0.39 is 5.25 Å². The molecule has 0 spiro atoms. The van der Waals surface area contributed by atoms with Crippen LogP contribution in [0.3, 0.4) is 0 Å². The highest BCUT2D eigenvalue weighted by atomic mass is 79.9. The van der Waals surface area contributed by atoms with Crippen LogP contribution in [0.1, 0.15) is 27.8 Å². The first kappa shape index (κ1) is 24.0. The molecule has 4 aromatic rings. The van der Waals surface area contributed by atoms with E-state index in [4.69, 9.17) is 4.74 Å². The third-order valence-electron chi connectivity index (χ3n) is 5.19. The van der Waals surface area contributed by atoms with Crippen LogP contribution >= 0.6 is 27.7 Å². The monoisotopic (exact) mass is 538 g/mol.